The van der Waals surface area contributed by atoms with E-state index < -0.39 is 59.7 Å². The van der Waals surface area contributed by atoms with E-state index in [4.69, 9.17) is 5.73 Å². The molecule has 0 aliphatic carbocycles. The van der Waals surface area contributed by atoms with E-state index in [-0.39, 0.29) is 24.8 Å². The van der Waals surface area contributed by atoms with Crippen molar-refractivity contribution in [2.75, 3.05) is 6.54 Å². The van der Waals surface area contributed by atoms with Gasteiger partial charge in [-0.1, -0.05) is 58.0 Å². The summed E-state index contributed by atoms with van der Waals surface area (Å²) in [5.41, 5.74) is 6.75. The number of nitrogens with two attached hydrogens (primary N) is 1. The Morgan fingerprint density at radius 3 is 1.76 bits per heavy atom. The lowest BCUT2D eigenvalue weighted by Gasteiger charge is -2.28. The number of benzene rings is 1. The SMILES string of the molecule is CC(C)C[C@@H]1NC(=O)[C@H](CC(C)C)NC(=O)[C@H](Cc2ccccc2)NC(=O)[C@H](C)NC(=O)[C@@H](N)CNC1=O. The van der Waals surface area contributed by atoms with E-state index in [9.17, 15) is 24.0 Å². The summed E-state index contributed by atoms with van der Waals surface area (Å²) in [6.07, 6.45) is 0.856. The average Bonchev–Trinajstić information content (AvgIpc) is 2.85. The maximum atomic E-state index is 13.4. The van der Waals surface area contributed by atoms with Crippen molar-refractivity contribution in [2.45, 2.75) is 84.1 Å². The molecule has 1 aliphatic rings. The Kier molecular flexibility index (Phi) is 11.7. The third-order valence-electron chi connectivity index (χ3n) is 6.18. The van der Waals surface area contributed by atoms with Crippen LogP contribution in [0.2, 0.25) is 0 Å². The Bertz CT molecular complexity index is 983. The Balaban J connectivity index is 2.42. The lowest BCUT2D eigenvalue weighted by molar-refractivity contribution is -0.135. The summed E-state index contributed by atoms with van der Waals surface area (Å²) in [5, 5.41) is 13.4. The lowest BCUT2D eigenvalue weighted by Crippen LogP contribution is -2.61. The first-order chi connectivity index (χ1) is 17.9. The van der Waals surface area contributed by atoms with Crippen molar-refractivity contribution in [1.29, 1.82) is 0 Å². The largest absolute Gasteiger partial charge is 0.352 e. The van der Waals surface area contributed by atoms with E-state index in [1.807, 2.05) is 58.0 Å². The molecule has 5 amide bonds. The predicted molar refractivity (Wildman–Crippen MR) is 143 cm³/mol. The molecule has 1 heterocycles. The van der Waals surface area contributed by atoms with Crippen molar-refractivity contribution >= 4 is 29.5 Å². The highest BCUT2D eigenvalue weighted by atomic mass is 16.2. The molecule has 38 heavy (non-hydrogen) atoms. The maximum absolute atomic E-state index is 13.4. The molecule has 1 aliphatic heterocycles. The molecule has 0 unspecified atom stereocenters. The van der Waals surface area contributed by atoms with Crippen molar-refractivity contribution in [2.24, 2.45) is 17.6 Å². The average molecular weight is 531 g/mol. The molecule has 0 spiro atoms. The van der Waals surface area contributed by atoms with Crippen LogP contribution in [0.5, 0.6) is 0 Å². The van der Waals surface area contributed by atoms with E-state index in [0.717, 1.165) is 5.56 Å². The van der Waals surface area contributed by atoms with Gasteiger partial charge in [0, 0.05) is 13.0 Å². The van der Waals surface area contributed by atoms with E-state index in [2.05, 4.69) is 26.6 Å². The second-order valence-corrected chi connectivity index (χ2v) is 10.7. The summed E-state index contributed by atoms with van der Waals surface area (Å²) in [6.45, 7) is 8.99. The van der Waals surface area contributed by atoms with Crippen molar-refractivity contribution in [3.05, 3.63) is 35.9 Å². The molecular formula is C27H42N6O5. The first-order valence-electron chi connectivity index (χ1n) is 13.2. The highest BCUT2D eigenvalue weighted by Crippen LogP contribution is 2.11. The molecule has 0 saturated carbocycles. The van der Waals surface area contributed by atoms with Gasteiger partial charge in [0.15, 0.2) is 0 Å². The molecule has 7 N–H and O–H groups in total. The van der Waals surface area contributed by atoms with Gasteiger partial charge in [-0.3, -0.25) is 24.0 Å². The van der Waals surface area contributed by atoms with Crippen LogP contribution in [0.3, 0.4) is 0 Å². The molecule has 0 radical (unpaired) electrons. The number of amides is 5. The normalized spacial score (nSPS) is 26.3. The minimum absolute atomic E-state index is 0.0596. The second kappa shape index (κ2) is 14.5. The summed E-state index contributed by atoms with van der Waals surface area (Å²) in [5.74, 6) is -2.60. The smallest absolute Gasteiger partial charge is 0.243 e. The van der Waals surface area contributed by atoms with Crippen LogP contribution in [0, 0.1) is 11.8 Å². The molecule has 2 rings (SSSR count). The molecule has 1 fully saturated rings. The third-order valence-corrected chi connectivity index (χ3v) is 6.18. The molecule has 11 nitrogen and oxygen atoms in total. The van der Waals surface area contributed by atoms with Gasteiger partial charge in [-0.2, -0.15) is 0 Å². The minimum Gasteiger partial charge on any atom is -0.352 e. The van der Waals surface area contributed by atoms with Gasteiger partial charge in [-0.25, -0.2) is 0 Å². The number of hydrogen-bond acceptors (Lipinski definition) is 6. The fraction of sp³-hybridized carbons (Fsp3) is 0.593. The van der Waals surface area contributed by atoms with Crippen LogP contribution >= 0.6 is 0 Å². The van der Waals surface area contributed by atoms with Gasteiger partial charge in [0.2, 0.25) is 29.5 Å². The number of nitrogens with one attached hydrogen (secondary N) is 5. The topological polar surface area (TPSA) is 172 Å². The number of carbonyl (C=O) groups is 5. The Labute approximate surface area is 224 Å². The van der Waals surface area contributed by atoms with E-state index in [0.29, 0.717) is 12.8 Å². The van der Waals surface area contributed by atoms with Crippen LogP contribution in [-0.4, -0.2) is 66.3 Å². The van der Waals surface area contributed by atoms with E-state index in [1.165, 1.54) is 6.92 Å². The highest BCUT2D eigenvalue weighted by molar-refractivity contribution is 5.96. The van der Waals surface area contributed by atoms with Crippen molar-refractivity contribution in [3.8, 4) is 0 Å². The standard InChI is InChI=1S/C27H42N6O5/c1-15(2)11-20-25(36)29-14-19(28)24(35)30-17(5)23(34)31-22(13-18-9-7-6-8-10-18)27(38)33-21(12-16(3)4)26(37)32-20/h6-10,15-17,19-22H,11-14,28H2,1-5H3,(H,29,36)(H,30,35)(H,31,34)(H,32,37)(H,33,38)/t17-,19-,20-,21-,22-/m0/s1. The molecule has 210 valence electrons. The molecule has 0 aromatic heterocycles. The summed E-state index contributed by atoms with van der Waals surface area (Å²) >= 11 is 0. The zero-order valence-corrected chi connectivity index (χ0v) is 22.9. The molecule has 11 heteroatoms. The van der Waals surface area contributed by atoms with Gasteiger partial charge in [-0.05, 0) is 37.2 Å². The van der Waals surface area contributed by atoms with Crippen LogP contribution in [-0.2, 0) is 30.4 Å². The van der Waals surface area contributed by atoms with Crippen LogP contribution in [0.1, 0.15) is 53.0 Å². The van der Waals surface area contributed by atoms with Crippen LogP contribution in [0.25, 0.3) is 0 Å². The van der Waals surface area contributed by atoms with Crippen LogP contribution in [0.4, 0.5) is 0 Å². The summed E-state index contributed by atoms with van der Waals surface area (Å²) < 4.78 is 0. The second-order valence-electron chi connectivity index (χ2n) is 10.7. The minimum atomic E-state index is -1.12. The molecule has 5 atom stereocenters. The van der Waals surface area contributed by atoms with Crippen molar-refractivity contribution < 1.29 is 24.0 Å². The van der Waals surface area contributed by atoms with Crippen LogP contribution < -0.4 is 32.3 Å². The van der Waals surface area contributed by atoms with Gasteiger partial charge in [-0.15, -0.1) is 0 Å². The predicted octanol–water partition coefficient (Wildman–Crippen LogP) is -0.262. The summed E-state index contributed by atoms with van der Waals surface area (Å²) in [7, 11) is 0. The molecule has 0 bridgehead atoms. The quantitative estimate of drug-likeness (QED) is 0.296. The van der Waals surface area contributed by atoms with Crippen LogP contribution in [0.15, 0.2) is 30.3 Å². The van der Waals surface area contributed by atoms with Crippen molar-refractivity contribution in [3.63, 3.8) is 0 Å². The molecule has 1 aromatic carbocycles. The van der Waals surface area contributed by atoms with Gasteiger partial charge < -0.3 is 32.3 Å². The van der Waals surface area contributed by atoms with Gasteiger partial charge >= 0.3 is 0 Å². The summed E-state index contributed by atoms with van der Waals surface area (Å²) in [6, 6.07) is 4.22. The van der Waals surface area contributed by atoms with Crippen molar-refractivity contribution in [1.82, 2.24) is 26.6 Å². The Hall–Kier alpha value is -3.47. The first kappa shape index (κ1) is 30.8. The number of rotatable bonds is 6. The van der Waals surface area contributed by atoms with E-state index >= 15 is 0 Å². The van der Waals surface area contributed by atoms with E-state index in [1.54, 1.807) is 0 Å². The first-order valence-corrected chi connectivity index (χ1v) is 13.2. The molecule has 1 saturated heterocycles. The zero-order chi connectivity index (χ0) is 28.4. The number of hydrogen-bond donors (Lipinski definition) is 6. The summed E-state index contributed by atoms with van der Waals surface area (Å²) in [4.78, 5) is 65.2. The molecular weight excluding hydrogens is 488 g/mol. The van der Waals surface area contributed by atoms with Gasteiger partial charge in [0.1, 0.15) is 30.2 Å². The zero-order valence-electron chi connectivity index (χ0n) is 22.9. The highest BCUT2D eigenvalue weighted by Gasteiger charge is 2.32. The lowest BCUT2D eigenvalue weighted by atomic mass is 9.99. The Morgan fingerprint density at radius 2 is 1.21 bits per heavy atom. The Morgan fingerprint density at radius 1 is 0.711 bits per heavy atom. The fourth-order valence-electron chi connectivity index (χ4n) is 4.12. The monoisotopic (exact) mass is 530 g/mol. The fourth-order valence-corrected chi connectivity index (χ4v) is 4.12. The molecule has 1 aromatic rings. The van der Waals surface area contributed by atoms with Gasteiger partial charge in [0.25, 0.3) is 0 Å². The van der Waals surface area contributed by atoms with Gasteiger partial charge in [0.05, 0.1) is 0 Å². The maximum Gasteiger partial charge on any atom is 0.243 e. The number of carbonyl (C=O) groups excluding carboxylic acids is 5. The third kappa shape index (κ3) is 9.77.